The van der Waals surface area contributed by atoms with Crippen molar-refractivity contribution in [2.45, 2.75) is 20.3 Å². The van der Waals surface area contributed by atoms with Crippen LogP contribution in [0.1, 0.15) is 20.3 Å². The quantitative estimate of drug-likeness (QED) is 0.269. The third kappa shape index (κ3) is 2.75. The Morgan fingerprint density at radius 1 is 0.833 bits per heavy atom. The van der Waals surface area contributed by atoms with E-state index >= 15 is 0 Å². The van der Waals surface area contributed by atoms with Crippen LogP contribution in [0, 0.1) is 17.3 Å². The molecule has 30 heavy (non-hydrogen) atoms. The van der Waals surface area contributed by atoms with Gasteiger partial charge in [-0.25, -0.2) is 0 Å². The van der Waals surface area contributed by atoms with Gasteiger partial charge in [0.25, 0.3) is 0 Å². The lowest BCUT2D eigenvalue weighted by Crippen LogP contribution is -2.53. The topological polar surface area (TPSA) is 63.6 Å². The molecule has 1 saturated carbocycles. The molecule has 0 aliphatic heterocycles. The Balaban J connectivity index is 1.52. The number of hydrogen-bond acceptors (Lipinski definition) is 3. The molecule has 0 amide bonds. The van der Waals surface area contributed by atoms with Gasteiger partial charge in [0, 0.05) is 0 Å². The number of benzene rings is 4. The van der Waals surface area contributed by atoms with Gasteiger partial charge < -0.3 is 9.84 Å². The van der Waals surface area contributed by atoms with Crippen molar-refractivity contribution >= 4 is 44.3 Å². The number of carbonyl (C=O) groups is 2. The Hall–Kier alpha value is -3.40. The van der Waals surface area contributed by atoms with Gasteiger partial charge in [0.15, 0.2) is 0 Å². The molecule has 4 aromatic rings. The first-order chi connectivity index (χ1) is 14.4. The van der Waals surface area contributed by atoms with Crippen LogP contribution in [0.3, 0.4) is 0 Å². The SMILES string of the molecule is CC1(C)C(C(=O)O)CC1C(=O)Oc1ccc2ccc3c4ccccc4ccc3c2c1. The highest BCUT2D eigenvalue weighted by atomic mass is 16.5. The summed E-state index contributed by atoms with van der Waals surface area (Å²) in [6.45, 7) is 3.64. The van der Waals surface area contributed by atoms with Gasteiger partial charge in [-0.3, -0.25) is 9.59 Å². The van der Waals surface area contributed by atoms with E-state index in [1.165, 1.54) is 10.8 Å². The Kier molecular flexibility index (Phi) is 4.07. The van der Waals surface area contributed by atoms with Crippen molar-refractivity contribution < 1.29 is 19.4 Å². The highest BCUT2D eigenvalue weighted by Crippen LogP contribution is 2.52. The summed E-state index contributed by atoms with van der Waals surface area (Å²) < 4.78 is 5.69. The number of esters is 1. The summed E-state index contributed by atoms with van der Waals surface area (Å²) in [5, 5.41) is 16.1. The lowest BCUT2D eigenvalue weighted by Gasteiger charge is -2.47. The minimum atomic E-state index is -0.853. The normalized spacial score (nSPS) is 20.2. The molecule has 150 valence electrons. The van der Waals surface area contributed by atoms with E-state index in [9.17, 15) is 14.7 Å². The molecule has 4 aromatic carbocycles. The molecule has 1 aliphatic carbocycles. The second-order valence-corrected chi connectivity index (χ2v) is 8.75. The summed E-state index contributed by atoms with van der Waals surface area (Å²) >= 11 is 0. The molecular formula is C26H22O4. The van der Waals surface area contributed by atoms with Crippen molar-refractivity contribution in [2.24, 2.45) is 17.3 Å². The maximum absolute atomic E-state index is 12.7. The summed E-state index contributed by atoms with van der Waals surface area (Å²) in [4.78, 5) is 24.1. The van der Waals surface area contributed by atoms with E-state index in [1.54, 1.807) is 6.07 Å². The van der Waals surface area contributed by atoms with Crippen molar-refractivity contribution in [1.82, 2.24) is 0 Å². The van der Waals surface area contributed by atoms with Crippen molar-refractivity contribution in [3.05, 3.63) is 66.7 Å². The van der Waals surface area contributed by atoms with Crippen LogP contribution in [0.2, 0.25) is 0 Å². The molecule has 4 heteroatoms. The number of rotatable bonds is 3. The van der Waals surface area contributed by atoms with Gasteiger partial charge >= 0.3 is 11.9 Å². The number of ether oxygens (including phenoxy) is 1. The molecule has 0 aromatic heterocycles. The van der Waals surface area contributed by atoms with Crippen LogP contribution < -0.4 is 4.74 Å². The van der Waals surface area contributed by atoms with Crippen LogP contribution in [-0.4, -0.2) is 17.0 Å². The van der Waals surface area contributed by atoms with E-state index in [0.717, 1.165) is 21.5 Å². The van der Waals surface area contributed by atoms with Gasteiger partial charge in [-0.05, 0) is 56.3 Å². The molecule has 0 radical (unpaired) electrons. The van der Waals surface area contributed by atoms with Gasteiger partial charge in [0.05, 0.1) is 11.8 Å². The lowest BCUT2D eigenvalue weighted by molar-refractivity contribution is -0.169. The first kappa shape index (κ1) is 18.6. The monoisotopic (exact) mass is 398 g/mol. The fraction of sp³-hybridized carbons (Fsp3) is 0.231. The minimum absolute atomic E-state index is 0.323. The standard InChI is InChI=1S/C26H22O4/c1-26(2)22(24(27)28)14-23(26)25(29)30-17-10-7-16-9-11-19-18-6-4-3-5-15(18)8-12-20(19)21(16)13-17/h3-13,22-23H,14H2,1-2H3,(H,27,28). The molecule has 4 nitrogen and oxygen atoms in total. The third-order valence-corrected chi connectivity index (χ3v) is 6.78. The molecule has 1 N–H and O–H groups in total. The van der Waals surface area contributed by atoms with Crippen LogP contribution in [0.15, 0.2) is 66.7 Å². The summed E-state index contributed by atoms with van der Waals surface area (Å²) in [7, 11) is 0. The van der Waals surface area contributed by atoms with Crippen molar-refractivity contribution in [2.75, 3.05) is 0 Å². The smallest absolute Gasteiger partial charge is 0.314 e. The van der Waals surface area contributed by atoms with Gasteiger partial charge in [0.2, 0.25) is 0 Å². The van der Waals surface area contributed by atoms with Gasteiger partial charge in [-0.1, -0.05) is 68.4 Å². The zero-order valence-corrected chi connectivity index (χ0v) is 16.9. The van der Waals surface area contributed by atoms with Crippen LogP contribution in [0.4, 0.5) is 0 Å². The van der Waals surface area contributed by atoms with E-state index in [2.05, 4.69) is 36.4 Å². The third-order valence-electron chi connectivity index (χ3n) is 6.78. The second-order valence-electron chi connectivity index (χ2n) is 8.75. The molecule has 0 heterocycles. The molecule has 1 aliphatic rings. The van der Waals surface area contributed by atoms with Gasteiger partial charge in [-0.2, -0.15) is 0 Å². The van der Waals surface area contributed by atoms with E-state index in [4.69, 9.17) is 4.74 Å². The van der Waals surface area contributed by atoms with Crippen LogP contribution in [0.25, 0.3) is 32.3 Å². The second kappa shape index (κ2) is 6.56. The van der Waals surface area contributed by atoms with Gasteiger partial charge in [-0.15, -0.1) is 0 Å². The molecule has 0 saturated heterocycles. The molecule has 2 unspecified atom stereocenters. The van der Waals surface area contributed by atoms with E-state index < -0.39 is 23.2 Å². The van der Waals surface area contributed by atoms with E-state index in [1.807, 2.05) is 38.1 Å². The molecule has 0 bridgehead atoms. The fourth-order valence-corrected chi connectivity index (χ4v) is 4.79. The number of fused-ring (bicyclic) bond motifs is 5. The first-order valence-corrected chi connectivity index (χ1v) is 10.1. The lowest BCUT2D eigenvalue weighted by atomic mass is 9.55. The minimum Gasteiger partial charge on any atom is -0.481 e. The predicted octanol–water partition coefficient (Wildman–Crippen LogP) is 5.80. The molecule has 5 rings (SSSR count). The van der Waals surface area contributed by atoms with E-state index in [0.29, 0.717) is 12.2 Å². The Morgan fingerprint density at radius 2 is 1.47 bits per heavy atom. The number of carboxylic acids is 1. The summed E-state index contributed by atoms with van der Waals surface area (Å²) in [6, 6.07) is 22.4. The van der Waals surface area contributed by atoms with Crippen molar-refractivity contribution in [1.29, 1.82) is 0 Å². The Morgan fingerprint density at radius 3 is 2.17 bits per heavy atom. The Labute approximate surface area is 174 Å². The highest BCUT2D eigenvalue weighted by Gasteiger charge is 2.56. The number of carbonyl (C=O) groups excluding carboxylic acids is 1. The van der Waals surface area contributed by atoms with E-state index in [-0.39, 0.29) is 5.97 Å². The maximum atomic E-state index is 12.7. The summed E-state index contributed by atoms with van der Waals surface area (Å²) in [6.07, 6.45) is 0.323. The summed E-state index contributed by atoms with van der Waals surface area (Å²) in [5.74, 6) is -1.65. The molecule has 2 atom stereocenters. The average Bonchev–Trinajstić information content (AvgIpc) is 2.72. The average molecular weight is 398 g/mol. The Bertz CT molecular complexity index is 1340. The predicted molar refractivity (Wildman–Crippen MR) is 118 cm³/mol. The number of carboxylic acid groups (broad SMARTS) is 1. The van der Waals surface area contributed by atoms with Crippen LogP contribution in [0.5, 0.6) is 5.75 Å². The zero-order chi connectivity index (χ0) is 21.0. The molecular weight excluding hydrogens is 376 g/mol. The zero-order valence-electron chi connectivity index (χ0n) is 16.9. The van der Waals surface area contributed by atoms with Crippen molar-refractivity contribution in [3.8, 4) is 5.75 Å². The molecule has 0 spiro atoms. The van der Waals surface area contributed by atoms with Crippen LogP contribution in [-0.2, 0) is 9.59 Å². The molecule has 1 fully saturated rings. The fourth-order valence-electron chi connectivity index (χ4n) is 4.79. The number of hydrogen-bond donors (Lipinski definition) is 1. The van der Waals surface area contributed by atoms with Gasteiger partial charge in [0.1, 0.15) is 5.75 Å². The maximum Gasteiger partial charge on any atom is 0.314 e. The largest absolute Gasteiger partial charge is 0.481 e. The highest BCUT2D eigenvalue weighted by molar-refractivity contribution is 6.17. The van der Waals surface area contributed by atoms with Crippen molar-refractivity contribution in [3.63, 3.8) is 0 Å². The first-order valence-electron chi connectivity index (χ1n) is 10.1. The van der Waals surface area contributed by atoms with Crippen LogP contribution >= 0.6 is 0 Å². The summed E-state index contributed by atoms with van der Waals surface area (Å²) in [5.41, 5.74) is -0.606. The number of aliphatic carboxylic acids is 1.